The molecule has 3 aromatic carbocycles. The van der Waals surface area contributed by atoms with Gasteiger partial charge < -0.3 is 14.8 Å². The number of nitrogens with one attached hydrogen (secondary N) is 1. The topological polar surface area (TPSA) is 47.6 Å². The fourth-order valence-electron chi connectivity index (χ4n) is 3.40. The van der Waals surface area contributed by atoms with Gasteiger partial charge in [-0.2, -0.15) is 0 Å². The van der Waals surface area contributed by atoms with Gasteiger partial charge in [-0.05, 0) is 83.0 Å². The molecule has 1 atom stereocenters. The maximum Gasteiger partial charge on any atom is 0.251 e. The number of hydrogen-bond donors (Lipinski definition) is 1. The summed E-state index contributed by atoms with van der Waals surface area (Å²) in [4.78, 5) is 12.9. The zero-order valence-corrected chi connectivity index (χ0v) is 18.1. The van der Waals surface area contributed by atoms with Gasteiger partial charge in [-0.25, -0.2) is 0 Å². The van der Waals surface area contributed by atoms with Crippen LogP contribution in [-0.2, 0) is 6.42 Å². The van der Waals surface area contributed by atoms with Gasteiger partial charge in [0.05, 0.1) is 6.04 Å². The summed E-state index contributed by atoms with van der Waals surface area (Å²) in [5, 5.41) is 3.21. The Labute approximate surface area is 184 Å². The minimum absolute atomic E-state index is 0.0747. The highest BCUT2D eigenvalue weighted by atomic mass is 127. The Bertz CT molecular complexity index is 973. The molecule has 0 bridgehead atoms. The summed E-state index contributed by atoms with van der Waals surface area (Å²) in [5.74, 6) is 1.42. The molecule has 0 aromatic heterocycles. The van der Waals surface area contributed by atoms with Crippen molar-refractivity contribution in [2.75, 3.05) is 13.2 Å². The summed E-state index contributed by atoms with van der Waals surface area (Å²) in [6.45, 7) is 1.10. The second-order valence-corrected chi connectivity index (χ2v) is 8.21. The minimum atomic E-state index is -0.127. The Morgan fingerprint density at radius 1 is 0.931 bits per heavy atom. The molecular formula is C24H22INO3. The molecular weight excluding hydrogens is 477 g/mol. The van der Waals surface area contributed by atoms with E-state index in [-0.39, 0.29) is 11.9 Å². The molecule has 0 radical (unpaired) electrons. The lowest BCUT2D eigenvalue weighted by molar-refractivity contribution is 0.0934. The first-order valence-corrected chi connectivity index (χ1v) is 10.8. The van der Waals surface area contributed by atoms with Crippen molar-refractivity contribution in [2.45, 2.75) is 18.9 Å². The standard InChI is InChI=1S/C24H22INO3/c25-20-10-7-18(8-11-20)24(27)26-21(12-6-17-4-2-1-3-5-17)19-9-13-22-23(16-19)29-15-14-28-22/h1-5,7-11,13,16,21H,6,12,14-15H2,(H,26,27)/t21-/m0/s1. The van der Waals surface area contributed by atoms with Crippen LogP contribution in [0, 0.1) is 3.57 Å². The van der Waals surface area contributed by atoms with Crippen molar-refractivity contribution in [3.63, 3.8) is 0 Å². The number of rotatable bonds is 6. The molecule has 29 heavy (non-hydrogen) atoms. The summed E-state index contributed by atoms with van der Waals surface area (Å²) in [5.41, 5.74) is 2.93. The first-order valence-electron chi connectivity index (χ1n) is 9.69. The number of ether oxygens (including phenoxy) is 2. The minimum Gasteiger partial charge on any atom is -0.486 e. The zero-order valence-electron chi connectivity index (χ0n) is 15.9. The van der Waals surface area contributed by atoms with Crippen molar-refractivity contribution in [1.82, 2.24) is 5.32 Å². The van der Waals surface area contributed by atoms with E-state index in [0.29, 0.717) is 18.8 Å². The van der Waals surface area contributed by atoms with Crippen molar-refractivity contribution in [3.05, 3.63) is 93.1 Å². The second kappa shape index (κ2) is 9.31. The van der Waals surface area contributed by atoms with Crippen molar-refractivity contribution >= 4 is 28.5 Å². The Kier molecular flexibility index (Phi) is 6.34. The quantitative estimate of drug-likeness (QED) is 0.477. The number of aryl methyl sites for hydroxylation is 1. The van der Waals surface area contributed by atoms with Gasteiger partial charge in [-0.3, -0.25) is 4.79 Å². The lowest BCUT2D eigenvalue weighted by Gasteiger charge is -2.23. The van der Waals surface area contributed by atoms with Crippen LogP contribution in [0.4, 0.5) is 0 Å². The predicted octanol–water partition coefficient (Wildman–Crippen LogP) is 5.17. The maximum absolute atomic E-state index is 12.9. The molecule has 3 aromatic rings. The van der Waals surface area contributed by atoms with Crippen LogP contribution in [0.2, 0.25) is 0 Å². The Morgan fingerprint density at radius 3 is 2.41 bits per heavy atom. The Hall–Kier alpha value is -2.54. The highest BCUT2D eigenvalue weighted by Crippen LogP contribution is 2.33. The third-order valence-electron chi connectivity index (χ3n) is 4.94. The van der Waals surface area contributed by atoms with E-state index in [1.807, 2.05) is 60.7 Å². The van der Waals surface area contributed by atoms with Crippen LogP contribution in [0.1, 0.15) is 33.9 Å². The van der Waals surface area contributed by atoms with E-state index < -0.39 is 0 Å². The average molecular weight is 499 g/mol. The monoisotopic (exact) mass is 499 g/mol. The van der Waals surface area contributed by atoms with Gasteiger partial charge in [0.2, 0.25) is 0 Å². The van der Waals surface area contributed by atoms with Gasteiger partial charge in [0.1, 0.15) is 13.2 Å². The number of fused-ring (bicyclic) bond motifs is 1. The van der Waals surface area contributed by atoms with Gasteiger partial charge in [0.15, 0.2) is 11.5 Å². The molecule has 1 aliphatic heterocycles. The van der Waals surface area contributed by atoms with Crippen molar-refractivity contribution in [1.29, 1.82) is 0 Å². The van der Waals surface area contributed by atoms with E-state index >= 15 is 0 Å². The van der Waals surface area contributed by atoms with Crippen molar-refractivity contribution in [2.24, 2.45) is 0 Å². The number of amides is 1. The summed E-state index contributed by atoms with van der Waals surface area (Å²) < 4.78 is 12.5. The van der Waals surface area contributed by atoms with Crippen molar-refractivity contribution in [3.8, 4) is 11.5 Å². The highest BCUT2D eigenvalue weighted by molar-refractivity contribution is 14.1. The van der Waals surface area contributed by atoms with Gasteiger partial charge in [-0.15, -0.1) is 0 Å². The summed E-state index contributed by atoms with van der Waals surface area (Å²) in [6.07, 6.45) is 1.66. The van der Waals surface area contributed by atoms with Gasteiger partial charge in [0.25, 0.3) is 5.91 Å². The molecule has 0 aliphatic carbocycles. The highest BCUT2D eigenvalue weighted by Gasteiger charge is 2.19. The summed E-state index contributed by atoms with van der Waals surface area (Å²) in [7, 11) is 0. The van der Waals surface area contributed by atoms with E-state index in [1.54, 1.807) is 0 Å². The third kappa shape index (κ3) is 5.09. The molecule has 1 heterocycles. The molecule has 0 unspecified atom stereocenters. The molecule has 1 aliphatic rings. The number of carbonyl (C=O) groups excluding carboxylic acids is 1. The summed E-state index contributed by atoms with van der Waals surface area (Å²) in [6, 6.07) is 23.7. The van der Waals surface area contributed by atoms with Gasteiger partial charge in [-0.1, -0.05) is 36.4 Å². The van der Waals surface area contributed by atoms with Crippen LogP contribution in [0.5, 0.6) is 11.5 Å². The van der Waals surface area contributed by atoms with E-state index in [0.717, 1.165) is 33.5 Å². The smallest absolute Gasteiger partial charge is 0.251 e. The van der Waals surface area contributed by atoms with Gasteiger partial charge in [0, 0.05) is 9.13 Å². The molecule has 0 spiro atoms. The van der Waals surface area contributed by atoms with Crippen molar-refractivity contribution < 1.29 is 14.3 Å². The van der Waals surface area contributed by atoms with Crippen LogP contribution >= 0.6 is 22.6 Å². The molecule has 0 saturated heterocycles. The van der Waals surface area contributed by atoms with Crippen LogP contribution in [0.25, 0.3) is 0 Å². The fraction of sp³-hybridized carbons (Fsp3) is 0.208. The molecule has 5 heteroatoms. The van der Waals surface area contributed by atoms with Crippen LogP contribution in [0.3, 0.4) is 0 Å². The molecule has 4 rings (SSSR count). The normalized spacial score (nSPS) is 13.6. The Balaban J connectivity index is 1.56. The van der Waals surface area contributed by atoms with E-state index in [9.17, 15) is 4.79 Å². The average Bonchev–Trinajstić information content (AvgIpc) is 2.77. The lowest BCUT2D eigenvalue weighted by atomic mass is 9.98. The zero-order chi connectivity index (χ0) is 20.1. The molecule has 4 nitrogen and oxygen atoms in total. The Morgan fingerprint density at radius 2 is 1.66 bits per heavy atom. The molecule has 148 valence electrons. The van der Waals surface area contributed by atoms with E-state index in [1.165, 1.54) is 5.56 Å². The molecule has 0 saturated carbocycles. The summed E-state index contributed by atoms with van der Waals surface area (Å²) >= 11 is 2.24. The molecule has 0 fully saturated rings. The van der Waals surface area contributed by atoms with Crippen LogP contribution in [-0.4, -0.2) is 19.1 Å². The predicted molar refractivity (Wildman–Crippen MR) is 122 cm³/mol. The number of benzene rings is 3. The largest absolute Gasteiger partial charge is 0.486 e. The van der Waals surface area contributed by atoms with Crippen LogP contribution in [0.15, 0.2) is 72.8 Å². The SMILES string of the molecule is O=C(N[C@@H](CCc1ccccc1)c1ccc2c(c1)OCCO2)c1ccc(I)cc1. The first kappa shape index (κ1) is 19.8. The first-order chi connectivity index (χ1) is 14.2. The number of halogens is 1. The van der Waals surface area contributed by atoms with Crippen LogP contribution < -0.4 is 14.8 Å². The molecule has 1 N–H and O–H groups in total. The fourth-order valence-corrected chi connectivity index (χ4v) is 3.76. The van der Waals surface area contributed by atoms with E-state index in [2.05, 4.69) is 40.0 Å². The second-order valence-electron chi connectivity index (χ2n) is 6.96. The maximum atomic E-state index is 12.9. The third-order valence-corrected chi connectivity index (χ3v) is 5.66. The number of carbonyl (C=O) groups is 1. The number of hydrogen-bond acceptors (Lipinski definition) is 3. The van der Waals surface area contributed by atoms with Gasteiger partial charge >= 0.3 is 0 Å². The lowest BCUT2D eigenvalue weighted by Crippen LogP contribution is -2.29. The molecule has 1 amide bonds. The van der Waals surface area contributed by atoms with E-state index in [4.69, 9.17) is 9.47 Å².